The molecule has 12 heavy (non-hydrogen) atoms. The fraction of sp³-hybridized carbons (Fsp3) is 0.667. The summed E-state index contributed by atoms with van der Waals surface area (Å²) in [6, 6.07) is -0.347. The average Bonchev–Trinajstić information content (AvgIpc) is 1.82. The van der Waals surface area contributed by atoms with Crippen LogP contribution in [0, 0.1) is 0 Å². The topological polar surface area (TPSA) is 52.3 Å². The van der Waals surface area contributed by atoms with Crippen LogP contribution >= 0.6 is 0 Å². The Kier molecular flexibility index (Phi) is 3.46. The van der Waals surface area contributed by atoms with Gasteiger partial charge in [0, 0.05) is 11.6 Å². The first-order chi connectivity index (χ1) is 5.24. The van der Waals surface area contributed by atoms with Gasteiger partial charge in [-0.05, 0) is 27.7 Å². The zero-order valence-corrected chi connectivity index (χ0v) is 8.18. The number of carbonyl (C=O) groups is 1. The van der Waals surface area contributed by atoms with Crippen molar-refractivity contribution in [2.24, 2.45) is 5.73 Å². The lowest BCUT2D eigenvalue weighted by Crippen LogP contribution is -2.30. The molecule has 1 unspecified atom stereocenters. The first-order valence-corrected chi connectivity index (χ1v) is 3.92. The van der Waals surface area contributed by atoms with Gasteiger partial charge < -0.3 is 10.5 Å². The average molecular weight is 171 g/mol. The molecule has 0 aliphatic carbocycles. The van der Waals surface area contributed by atoms with Crippen LogP contribution in [0.25, 0.3) is 0 Å². The summed E-state index contributed by atoms with van der Waals surface area (Å²) in [6.45, 7) is 10.7. The molecule has 0 saturated heterocycles. The van der Waals surface area contributed by atoms with Gasteiger partial charge in [0.05, 0.1) is 0 Å². The fourth-order valence-electron chi connectivity index (χ4n) is 0.530. The second-order valence-electron chi connectivity index (χ2n) is 3.82. The van der Waals surface area contributed by atoms with Crippen LogP contribution < -0.4 is 5.73 Å². The Labute approximate surface area is 73.6 Å². The van der Waals surface area contributed by atoms with Crippen molar-refractivity contribution in [2.75, 3.05) is 0 Å². The molecule has 0 heterocycles. The van der Waals surface area contributed by atoms with Gasteiger partial charge in [0.15, 0.2) is 0 Å². The molecule has 0 aliphatic heterocycles. The van der Waals surface area contributed by atoms with Crippen LogP contribution in [0.2, 0.25) is 0 Å². The Morgan fingerprint density at radius 3 is 2.17 bits per heavy atom. The molecular weight excluding hydrogens is 154 g/mol. The summed E-state index contributed by atoms with van der Waals surface area (Å²) < 4.78 is 5.04. The predicted octanol–water partition coefficient (Wildman–Crippen LogP) is 1.23. The molecule has 3 nitrogen and oxygen atoms in total. The lowest BCUT2D eigenvalue weighted by atomic mass is 10.1. The van der Waals surface area contributed by atoms with E-state index in [-0.39, 0.29) is 6.04 Å². The third-order valence-electron chi connectivity index (χ3n) is 1.21. The number of esters is 1. The van der Waals surface area contributed by atoms with Crippen molar-refractivity contribution in [1.82, 2.24) is 0 Å². The molecule has 0 fully saturated rings. The molecule has 0 aromatic rings. The minimum Gasteiger partial charge on any atom is -0.457 e. The number of carbonyl (C=O) groups excluding carboxylic acids is 1. The van der Waals surface area contributed by atoms with Gasteiger partial charge in [-0.25, -0.2) is 4.79 Å². The van der Waals surface area contributed by atoms with Gasteiger partial charge in [-0.2, -0.15) is 0 Å². The van der Waals surface area contributed by atoms with E-state index in [2.05, 4.69) is 6.58 Å². The fourth-order valence-corrected chi connectivity index (χ4v) is 0.530. The van der Waals surface area contributed by atoms with E-state index in [1.165, 1.54) is 0 Å². The third-order valence-corrected chi connectivity index (χ3v) is 1.21. The first kappa shape index (κ1) is 11.2. The standard InChI is InChI=1S/C9H17NO2/c1-6(7(2)10)8(11)12-9(3,4)5/h7H,1,10H2,2-5H3. The van der Waals surface area contributed by atoms with E-state index in [1.807, 2.05) is 0 Å². The van der Waals surface area contributed by atoms with E-state index in [4.69, 9.17) is 10.5 Å². The SMILES string of the molecule is C=C(C(=O)OC(C)(C)C)C(C)N. The molecule has 1 atom stereocenters. The summed E-state index contributed by atoms with van der Waals surface area (Å²) in [5.41, 5.74) is 5.29. The molecule has 0 radical (unpaired) electrons. The molecular formula is C9H17NO2. The van der Waals surface area contributed by atoms with E-state index in [0.29, 0.717) is 5.57 Å². The smallest absolute Gasteiger partial charge is 0.335 e. The van der Waals surface area contributed by atoms with Crippen molar-refractivity contribution in [3.63, 3.8) is 0 Å². The zero-order chi connectivity index (χ0) is 9.94. The number of ether oxygens (including phenoxy) is 1. The zero-order valence-electron chi connectivity index (χ0n) is 8.18. The van der Waals surface area contributed by atoms with Gasteiger partial charge in [-0.15, -0.1) is 0 Å². The Morgan fingerprint density at radius 1 is 1.50 bits per heavy atom. The predicted molar refractivity (Wildman–Crippen MR) is 48.6 cm³/mol. The third kappa shape index (κ3) is 4.13. The van der Waals surface area contributed by atoms with Crippen molar-refractivity contribution in [3.8, 4) is 0 Å². The van der Waals surface area contributed by atoms with Crippen molar-refractivity contribution in [3.05, 3.63) is 12.2 Å². The Balaban J connectivity index is 4.15. The lowest BCUT2D eigenvalue weighted by Gasteiger charge is -2.21. The number of hydrogen-bond donors (Lipinski definition) is 1. The van der Waals surface area contributed by atoms with Crippen molar-refractivity contribution in [2.45, 2.75) is 39.3 Å². The van der Waals surface area contributed by atoms with Crippen LogP contribution in [0.5, 0.6) is 0 Å². The highest BCUT2D eigenvalue weighted by Crippen LogP contribution is 2.10. The van der Waals surface area contributed by atoms with E-state index >= 15 is 0 Å². The van der Waals surface area contributed by atoms with E-state index in [1.54, 1.807) is 27.7 Å². The molecule has 0 aromatic carbocycles. The van der Waals surface area contributed by atoms with E-state index in [9.17, 15) is 4.79 Å². The van der Waals surface area contributed by atoms with Gasteiger partial charge in [-0.1, -0.05) is 6.58 Å². The largest absolute Gasteiger partial charge is 0.457 e. The lowest BCUT2D eigenvalue weighted by molar-refractivity contribution is -0.150. The second-order valence-corrected chi connectivity index (χ2v) is 3.82. The van der Waals surface area contributed by atoms with Crippen molar-refractivity contribution in [1.29, 1.82) is 0 Å². The minimum atomic E-state index is -0.477. The van der Waals surface area contributed by atoms with Crippen LogP contribution in [0.4, 0.5) is 0 Å². The minimum absolute atomic E-state index is 0.310. The number of rotatable bonds is 2. The number of hydrogen-bond acceptors (Lipinski definition) is 3. The highest BCUT2D eigenvalue weighted by atomic mass is 16.6. The second kappa shape index (κ2) is 3.72. The van der Waals surface area contributed by atoms with Crippen LogP contribution in [0.3, 0.4) is 0 Å². The Hall–Kier alpha value is -0.830. The molecule has 0 spiro atoms. The van der Waals surface area contributed by atoms with Crippen molar-refractivity contribution < 1.29 is 9.53 Å². The van der Waals surface area contributed by atoms with Crippen LogP contribution in [0.1, 0.15) is 27.7 Å². The highest BCUT2D eigenvalue weighted by Gasteiger charge is 2.19. The summed E-state index contributed by atoms with van der Waals surface area (Å²) in [6.07, 6.45) is 0. The molecule has 0 rings (SSSR count). The molecule has 70 valence electrons. The highest BCUT2D eigenvalue weighted by molar-refractivity contribution is 5.89. The first-order valence-electron chi connectivity index (χ1n) is 3.92. The van der Waals surface area contributed by atoms with Gasteiger partial charge in [-0.3, -0.25) is 0 Å². The van der Waals surface area contributed by atoms with E-state index in [0.717, 1.165) is 0 Å². The summed E-state index contributed by atoms with van der Waals surface area (Å²) in [5, 5.41) is 0. The number of nitrogens with two attached hydrogens (primary N) is 1. The quantitative estimate of drug-likeness (QED) is 0.502. The normalized spacial score (nSPS) is 13.8. The van der Waals surface area contributed by atoms with Gasteiger partial charge in [0.1, 0.15) is 5.60 Å². The monoisotopic (exact) mass is 171 g/mol. The Morgan fingerprint density at radius 2 is 1.92 bits per heavy atom. The molecule has 0 bridgehead atoms. The maximum Gasteiger partial charge on any atom is 0.335 e. The molecule has 2 N–H and O–H groups in total. The molecule has 0 saturated carbocycles. The molecule has 3 heteroatoms. The summed E-state index contributed by atoms with van der Waals surface area (Å²) in [7, 11) is 0. The maximum absolute atomic E-state index is 11.2. The maximum atomic E-state index is 11.2. The van der Waals surface area contributed by atoms with Crippen LogP contribution in [-0.2, 0) is 9.53 Å². The van der Waals surface area contributed by atoms with Gasteiger partial charge in [0.2, 0.25) is 0 Å². The van der Waals surface area contributed by atoms with Crippen LogP contribution in [0.15, 0.2) is 12.2 Å². The Bertz CT molecular complexity index is 189. The summed E-state index contributed by atoms with van der Waals surface area (Å²) in [5.74, 6) is -0.419. The molecule has 0 aliphatic rings. The van der Waals surface area contributed by atoms with Crippen LogP contribution in [-0.4, -0.2) is 17.6 Å². The molecule has 0 amide bonds. The van der Waals surface area contributed by atoms with Gasteiger partial charge in [0.25, 0.3) is 0 Å². The van der Waals surface area contributed by atoms with E-state index < -0.39 is 11.6 Å². The van der Waals surface area contributed by atoms with Gasteiger partial charge >= 0.3 is 5.97 Å². The molecule has 0 aromatic heterocycles. The summed E-state index contributed by atoms with van der Waals surface area (Å²) in [4.78, 5) is 11.2. The van der Waals surface area contributed by atoms with Crippen molar-refractivity contribution >= 4 is 5.97 Å². The summed E-state index contributed by atoms with van der Waals surface area (Å²) >= 11 is 0.